The summed E-state index contributed by atoms with van der Waals surface area (Å²) in [5, 5.41) is 16.3. The van der Waals surface area contributed by atoms with Gasteiger partial charge in [0, 0.05) is 44.1 Å². The Hall–Kier alpha value is -3.55. The molecule has 35 heavy (non-hydrogen) atoms. The van der Waals surface area contributed by atoms with E-state index in [0.29, 0.717) is 39.3 Å². The van der Waals surface area contributed by atoms with E-state index in [1.54, 1.807) is 4.57 Å². The Bertz CT molecular complexity index is 1160. The Morgan fingerprint density at radius 1 is 1.34 bits per heavy atom. The SMILES string of the molecule is COC1=C(/C(F)=N/N2CCN(CC3(C)Cn4cc([N+](=O)[O-])nc4O3)CC2)OC2=CC=C(F)CC21F. The van der Waals surface area contributed by atoms with E-state index in [0.717, 1.165) is 12.2 Å². The van der Waals surface area contributed by atoms with Crippen molar-refractivity contribution >= 4 is 11.8 Å². The number of nitro groups is 1. The predicted octanol–water partition coefficient (Wildman–Crippen LogP) is 2.58. The number of rotatable bonds is 6. The second-order valence-electron chi connectivity index (χ2n) is 9.03. The van der Waals surface area contributed by atoms with Crippen molar-refractivity contribution in [2.45, 2.75) is 31.2 Å². The van der Waals surface area contributed by atoms with E-state index < -0.39 is 45.9 Å². The Labute approximate surface area is 197 Å². The monoisotopic (exact) mass is 496 g/mol. The van der Waals surface area contributed by atoms with Gasteiger partial charge in [-0.2, -0.15) is 4.39 Å². The standard InChI is InChI=1S/C21H23F3N6O5/c1-20(12-28-10-15(30(31)32)25-19(28)35-20)11-27-5-7-29(8-6-27)26-18(23)16-17(33-2)21(24)9-13(22)3-4-14(21)34-16/h3-4,10H,5-9,11-12H2,1-2H3/b26-18-. The molecule has 0 aromatic carbocycles. The minimum absolute atomic E-state index is 0.208. The van der Waals surface area contributed by atoms with Gasteiger partial charge >= 0.3 is 11.8 Å². The fraction of sp³-hybridized carbons (Fsp3) is 0.524. The first-order valence-electron chi connectivity index (χ1n) is 10.9. The lowest BCUT2D eigenvalue weighted by molar-refractivity contribution is -0.389. The van der Waals surface area contributed by atoms with Crippen LogP contribution in [0.3, 0.4) is 0 Å². The lowest BCUT2D eigenvalue weighted by Gasteiger charge is -2.36. The molecule has 2 unspecified atom stereocenters. The normalized spacial score (nSPS) is 28.7. The van der Waals surface area contributed by atoms with E-state index in [1.807, 2.05) is 6.92 Å². The van der Waals surface area contributed by atoms with Gasteiger partial charge in [-0.15, -0.1) is 5.10 Å². The molecular weight excluding hydrogens is 473 g/mol. The highest BCUT2D eigenvalue weighted by Gasteiger charge is 2.53. The van der Waals surface area contributed by atoms with E-state index in [4.69, 9.17) is 14.2 Å². The molecule has 0 N–H and O–H groups in total. The molecule has 4 aliphatic rings. The highest BCUT2D eigenvalue weighted by molar-refractivity contribution is 5.92. The van der Waals surface area contributed by atoms with E-state index in [9.17, 15) is 18.9 Å². The van der Waals surface area contributed by atoms with Gasteiger partial charge in [0.05, 0.1) is 13.7 Å². The van der Waals surface area contributed by atoms with Crippen molar-refractivity contribution in [2.75, 3.05) is 39.8 Å². The lowest BCUT2D eigenvalue weighted by Crippen LogP contribution is -2.51. The number of aromatic nitrogens is 2. The molecule has 0 saturated carbocycles. The lowest BCUT2D eigenvalue weighted by atomic mass is 9.93. The average Bonchev–Trinajstić information content (AvgIpc) is 3.41. The summed E-state index contributed by atoms with van der Waals surface area (Å²) >= 11 is 0. The maximum Gasteiger partial charge on any atom is 0.415 e. The Morgan fingerprint density at radius 2 is 2.09 bits per heavy atom. The van der Waals surface area contributed by atoms with Crippen molar-refractivity contribution in [1.29, 1.82) is 0 Å². The Morgan fingerprint density at radius 3 is 2.74 bits per heavy atom. The van der Waals surface area contributed by atoms with Crippen LogP contribution in [0.15, 0.2) is 46.6 Å². The van der Waals surface area contributed by atoms with Gasteiger partial charge in [-0.05, 0) is 24.0 Å². The molecule has 14 heteroatoms. The van der Waals surface area contributed by atoms with Crippen LogP contribution in [0.2, 0.25) is 0 Å². The number of nitrogens with zero attached hydrogens (tertiary/aromatic N) is 6. The minimum atomic E-state index is -2.40. The van der Waals surface area contributed by atoms with Gasteiger partial charge in [0.15, 0.2) is 11.5 Å². The number of piperazine rings is 1. The first-order valence-corrected chi connectivity index (χ1v) is 10.9. The Balaban J connectivity index is 1.20. The summed E-state index contributed by atoms with van der Waals surface area (Å²) in [4.78, 5) is 16.3. The number of methoxy groups -OCH3 is 1. The van der Waals surface area contributed by atoms with Crippen LogP contribution in [0.4, 0.5) is 19.0 Å². The van der Waals surface area contributed by atoms with Crippen LogP contribution >= 0.6 is 0 Å². The molecule has 4 heterocycles. The summed E-state index contributed by atoms with van der Waals surface area (Å²) in [6.45, 7) is 4.70. The maximum atomic E-state index is 15.3. The van der Waals surface area contributed by atoms with Crippen LogP contribution < -0.4 is 4.74 Å². The highest BCUT2D eigenvalue weighted by Crippen LogP contribution is 2.48. The van der Waals surface area contributed by atoms with Crippen LogP contribution in [-0.2, 0) is 16.0 Å². The van der Waals surface area contributed by atoms with Gasteiger partial charge in [0.25, 0.3) is 5.97 Å². The quantitative estimate of drug-likeness (QED) is 0.336. The molecule has 1 aliphatic carbocycles. The molecule has 0 spiro atoms. The third-order valence-electron chi connectivity index (χ3n) is 6.28. The number of alkyl halides is 1. The largest absolute Gasteiger partial charge is 0.493 e. The molecule has 0 radical (unpaired) electrons. The van der Waals surface area contributed by atoms with Crippen LogP contribution in [0.25, 0.3) is 0 Å². The topological polar surface area (TPSA) is 107 Å². The number of halogens is 3. The zero-order valence-electron chi connectivity index (χ0n) is 19.0. The minimum Gasteiger partial charge on any atom is -0.493 e. The first-order chi connectivity index (χ1) is 16.6. The molecule has 0 amide bonds. The van der Waals surface area contributed by atoms with E-state index in [2.05, 4.69) is 15.0 Å². The smallest absolute Gasteiger partial charge is 0.415 e. The Kier molecular flexibility index (Phi) is 5.49. The van der Waals surface area contributed by atoms with Crippen LogP contribution in [0.1, 0.15) is 13.3 Å². The summed E-state index contributed by atoms with van der Waals surface area (Å²) in [6.07, 6.45) is 2.90. The number of allylic oxidation sites excluding steroid dienone is 4. The van der Waals surface area contributed by atoms with E-state index in [-0.39, 0.29) is 17.6 Å². The van der Waals surface area contributed by atoms with Crippen molar-refractivity contribution in [3.05, 3.63) is 51.6 Å². The summed E-state index contributed by atoms with van der Waals surface area (Å²) in [6, 6.07) is 0.208. The molecule has 3 aliphatic heterocycles. The van der Waals surface area contributed by atoms with Crippen molar-refractivity contribution in [2.24, 2.45) is 5.10 Å². The summed E-state index contributed by atoms with van der Waals surface area (Å²) in [5.74, 6) is -3.20. The van der Waals surface area contributed by atoms with Crippen molar-refractivity contribution in [1.82, 2.24) is 19.5 Å². The molecule has 2 atom stereocenters. The predicted molar refractivity (Wildman–Crippen MR) is 115 cm³/mol. The molecule has 1 aromatic heterocycles. The van der Waals surface area contributed by atoms with Crippen LogP contribution in [-0.4, -0.2) is 81.5 Å². The van der Waals surface area contributed by atoms with Gasteiger partial charge in [0.1, 0.15) is 17.6 Å². The third-order valence-corrected chi connectivity index (χ3v) is 6.28. The number of hydrogen-bond acceptors (Lipinski definition) is 9. The molecule has 11 nitrogen and oxygen atoms in total. The summed E-state index contributed by atoms with van der Waals surface area (Å²) in [5.41, 5.74) is -3.02. The fourth-order valence-electron chi connectivity index (χ4n) is 4.71. The van der Waals surface area contributed by atoms with Crippen molar-refractivity contribution in [3.63, 3.8) is 0 Å². The molecule has 1 aromatic rings. The highest BCUT2D eigenvalue weighted by atomic mass is 19.2. The third kappa shape index (κ3) is 4.11. The molecule has 1 saturated heterocycles. The molecule has 188 valence electrons. The number of fused-ring (bicyclic) bond motifs is 2. The van der Waals surface area contributed by atoms with Crippen molar-refractivity contribution < 1.29 is 32.3 Å². The summed E-state index contributed by atoms with van der Waals surface area (Å²) in [7, 11) is 1.17. The summed E-state index contributed by atoms with van der Waals surface area (Å²) < 4.78 is 61.8. The van der Waals surface area contributed by atoms with Crippen molar-refractivity contribution in [3.8, 4) is 6.01 Å². The number of imidazole rings is 1. The van der Waals surface area contributed by atoms with Gasteiger partial charge in [-0.3, -0.25) is 14.5 Å². The maximum absolute atomic E-state index is 15.3. The van der Waals surface area contributed by atoms with E-state index >= 15 is 4.39 Å². The zero-order chi connectivity index (χ0) is 25.0. The fourth-order valence-corrected chi connectivity index (χ4v) is 4.71. The molecular formula is C21H23F3N6O5. The van der Waals surface area contributed by atoms with E-state index in [1.165, 1.54) is 18.3 Å². The molecule has 0 bridgehead atoms. The first kappa shape index (κ1) is 23.2. The van der Waals surface area contributed by atoms with Gasteiger partial charge in [-0.1, -0.05) is 0 Å². The van der Waals surface area contributed by atoms with Gasteiger partial charge < -0.3 is 24.3 Å². The number of ether oxygens (including phenoxy) is 3. The van der Waals surface area contributed by atoms with Crippen LogP contribution in [0, 0.1) is 10.1 Å². The average molecular weight is 496 g/mol. The second kappa shape index (κ2) is 8.29. The number of hydrazone groups is 1. The van der Waals surface area contributed by atoms with Gasteiger partial charge in [-0.25, -0.2) is 8.78 Å². The van der Waals surface area contributed by atoms with Gasteiger partial charge in [0.2, 0.25) is 11.4 Å². The van der Waals surface area contributed by atoms with Crippen LogP contribution in [0.5, 0.6) is 6.01 Å². The second-order valence-corrected chi connectivity index (χ2v) is 9.03. The molecule has 1 fully saturated rings. The molecule has 5 rings (SSSR count). The number of hydrogen-bond donors (Lipinski definition) is 0. The zero-order valence-corrected chi connectivity index (χ0v) is 19.0.